The van der Waals surface area contributed by atoms with Crippen LogP contribution >= 0.6 is 11.6 Å². The van der Waals surface area contributed by atoms with Crippen molar-refractivity contribution in [3.8, 4) is 0 Å². The van der Waals surface area contributed by atoms with Crippen molar-refractivity contribution < 1.29 is 0 Å². The molecule has 0 atom stereocenters. The van der Waals surface area contributed by atoms with Crippen LogP contribution in [0.5, 0.6) is 0 Å². The van der Waals surface area contributed by atoms with Gasteiger partial charge in [0.05, 0.1) is 5.02 Å². The molecule has 1 rings (SSSR count). The van der Waals surface area contributed by atoms with Crippen LogP contribution < -0.4 is 10.2 Å². The second-order valence-electron chi connectivity index (χ2n) is 3.11. The van der Waals surface area contributed by atoms with Crippen LogP contribution in [0.3, 0.4) is 0 Å². The van der Waals surface area contributed by atoms with Crippen molar-refractivity contribution >= 4 is 17.4 Å². The Balaban J connectivity index is 2.43. The van der Waals surface area contributed by atoms with Gasteiger partial charge in [0, 0.05) is 26.3 Å². The Morgan fingerprint density at radius 3 is 2.86 bits per heavy atom. The molecule has 0 spiro atoms. The highest BCUT2D eigenvalue weighted by Crippen LogP contribution is 2.12. The number of aromatic nitrogens is 1. The molecule has 1 N–H and O–H groups in total. The van der Waals surface area contributed by atoms with E-state index in [1.54, 1.807) is 6.20 Å². The molecule has 3 nitrogen and oxygen atoms in total. The molecular weight excluding hydrogens is 198 g/mol. The first-order valence-corrected chi connectivity index (χ1v) is 5.15. The highest BCUT2D eigenvalue weighted by Gasteiger charge is 2.00. The highest BCUT2D eigenvalue weighted by atomic mass is 35.5. The number of hydrogen-bond donors (Lipinski definition) is 1. The predicted octanol–water partition coefficient (Wildman–Crippen LogP) is 1.78. The summed E-state index contributed by atoms with van der Waals surface area (Å²) in [5, 5.41) is 3.94. The molecule has 0 amide bonds. The summed E-state index contributed by atoms with van der Waals surface area (Å²) in [5.74, 6) is 0.951. The molecule has 0 radical (unpaired) electrons. The normalized spacial score (nSPS) is 10.2. The molecule has 0 unspecified atom stereocenters. The summed E-state index contributed by atoms with van der Waals surface area (Å²) in [6.07, 6.45) is 1.67. The van der Waals surface area contributed by atoms with Crippen LogP contribution in [-0.2, 0) is 0 Å². The molecule has 1 aromatic rings. The second-order valence-corrected chi connectivity index (χ2v) is 3.55. The van der Waals surface area contributed by atoms with Gasteiger partial charge in [0.1, 0.15) is 5.82 Å². The van der Waals surface area contributed by atoms with Gasteiger partial charge in [-0.15, -0.1) is 0 Å². The van der Waals surface area contributed by atoms with Gasteiger partial charge < -0.3 is 10.2 Å². The van der Waals surface area contributed by atoms with E-state index in [1.807, 2.05) is 19.2 Å². The lowest BCUT2D eigenvalue weighted by Crippen LogP contribution is -2.29. The van der Waals surface area contributed by atoms with E-state index in [1.165, 1.54) is 0 Å². The molecule has 0 aliphatic heterocycles. The van der Waals surface area contributed by atoms with Crippen LogP contribution in [-0.4, -0.2) is 31.7 Å². The van der Waals surface area contributed by atoms with Crippen molar-refractivity contribution in [1.29, 1.82) is 0 Å². The van der Waals surface area contributed by atoms with Gasteiger partial charge in [-0.1, -0.05) is 18.5 Å². The van der Waals surface area contributed by atoms with Crippen LogP contribution in [0.1, 0.15) is 6.92 Å². The van der Waals surface area contributed by atoms with Crippen LogP contribution in [0.2, 0.25) is 5.02 Å². The van der Waals surface area contributed by atoms with E-state index in [0.717, 1.165) is 25.5 Å². The average molecular weight is 214 g/mol. The molecule has 0 saturated carbocycles. The van der Waals surface area contributed by atoms with E-state index in [0.29, 0.717) is 5.02 Å². The number of nitrogens with zero attached hydrogens (tertiary/aromatic N) is 2. The number of halogens is 1. The molecule has 0 aromatic carbocycles. The number of nitrogens with one attached hydrogen (secondary N) is 1. The highest BCUT2D eigenvalue weighted by molar-refractivity contribution is 6.30. The molecule has 0 fully saturated rings. The van der Waals surface area contributed by atoms with Gasteiger partial charge in [0.25, 0.3) is 0 Å². The average Bonchev–Trinajstić information content (AvgIpc) is 2.19. The molecule has 0 aliphatic rings. The Kier molecular flexibility index (Phi) is 4.70. The van der Waals surface area contributed by atoms with E-state index >= 15 is 0 Å². The van der Waals surface area contributed by atoms with Crippen LogP contribution in [0.15, 0.2) is 18.3 Å². The fourth-order valence-corrected chi connectivity index (χ4v) is 1.24. The molecule has 0 saturated heterocycles. The monoisotopic (exact) mass is 213 g/mol. The van der Waals surface area contributed by atoms with Crippen molar-refractivity contribution in [3.63, 3.8) is 0 Å². The zero-order chi connectivity index (χ0) is 10.4. The summed E-state index contributed by atoms with van der Waals surface area (Å²) >= 11 is 5.75. The minimum Gasteiger partial charge on any atom is -0.358 e. The number of hydrogen-bond acceptors (Lipinski definition) is 3. The van der Waals surface area contributed by atoms with Crippen molar-refractivity contribution in [1.82, 2.24) is 10.3 Å². The van der Waals surface area contributed by atoms with Gasteiger partial charge in [0.15, 0.2) is 0 Å². The minimum atomic E-state index is 0.675. The number of anilines is 1. The van der Waals surface area contributed by atoms with Gasteiger partial charge in [-0.3, -0.25) is 0 Å². The topological polar surface area (TPSA) is 28.2 Å². The zero-order valence-corrected chi connectivity index (χ0v) is 9.38. The fourth-order valence-electron chi connectivity index (χ4n) is 1.13. The van der Waals surface area contributed by atoms with Crippen molar-refractivity contribution in [3.05, 3.63) is 23.4 Å². The quantitative estimate of drug-likeness (QED) is 0.756. The molecule has 1 heterocycles. The SMILES string of the molecule is CCNCCN(C)c1ccc(Cl)cn1. The standard InChI is InChI=1S/C10H16ClN3/c1-3-12-6-7-14(2)10-5-4-9(11)8-13-10/h4-5,8,12H,3,6-7H2,1-2H3. The van der Waals surface area contributed by atoms with E-state index in [4.69, 9.17) is 11.6 Å². The van der Waals surface area contributed by atoms with Crippen molar-refractivity contribution in [2.24, 2.45) is 0 Å². The van der Waals surface area contributed by atoms with E-state index < -0.39 is 0 Å². The summed E-state index contributed by atoms with van der Waals surface area (Å²) in [6.45, 7) is 5.02. The first-order chi connectivity index (χ1) is 6.74. The maximum absolute atomic E-state index is 5.75. The second kappa shape index (κ2) is 5.83. The maximum atomic E-state index is 5.75. The van der Waals surface area contributed by atoms with Gasteiger partial charge in [-0.2, -0.15) is 0 Å². The third-order valence-electron chi connectivity index (χ3n) is 1.98. The fraction of sp³-hybridized carbons (Fsp3) is 0.500. The van der Waals surface area contributed by atoms with Crippen LogP contribution in [0, 0.1) is 0 Å². The van der Waals surface area contributed by atoms with Gasteiger partial charge >= 0.3 is 0 Å². The smallest absolute Gasteiger partial charge is 0.128 e. The predicted molar refractivity (Wildman–Crippen MR) is 61.1 cm³/mol. The Hall–Kier alpha value is -0.800. The van der Waals surface area contributed by atoms with Crippen LogP contribution in [0.25, 0.3) is 0 Å². The molecule has 14 heavy (non-hydrogen) atoms. The first kappa shape index (κ1) is 11.3. The summed E-state index contributed by atoms with van der Waals surface area (Å²) < 4.78 is 0. The maximum Gasteiger partial charge on any atom is 0.128 e. The van der Waals surface area contributed by atoms with E-state index in [-0.39, 0.29) is 0 Å². The molecule has 0 bridgehead atoms. The Morgan fingerprint density at radius 1 is 1.50 bits per heavy atom. The Labute approximate surface area is 90.1 Å². The Morgan fingerprint density at radius 2 is 2.29 bits per heavy atom. The summed E-state index contributed by atoms with van der Waals surface area (Å²) in [7, 11) is 2.02. The van der Waals surface area contributed by atoms with Gasteiger partial charge in [-0.05, 0) is 18.7 Å². The number of likely N-dealkylation sites (N-methyl/N-ethyl adjacent to an activating group) is 2. The summed E-state index contributed by atoms with van der Waals surface area (Å²) in [6, 6.07) is 3.78. The van der Waals surface area contributed by atoms with E-state index in [2.05, 4.69) is 22.1 Å². The molecule has 78 valence electrons. The third kappa shape index (κ3) is 3.52. The molecule has 1 aromatic heterocycles. The number of rotatable bonds is 5. The third-order valence-corrected chi connectivity index (χ3v) is 2.20. The lowest BCUT2D eigenvalue weighted by Gasteiger charge is -2.17. The molecule has 4 heteroatoms. The van der Waals surface area contributed by atoms with Crippen molar-refractivity contribution in [2.75, 3.05) is 31.6 Å². The Bertz CT molecular complexity index is 261. The van der Waals surface area contributed by atoms with Gasteiger partial charge in [-0.25, -0.2) is 4.98 Å². The number of pyridine rings is 1. The zero-order valence-electron chi connectivity index (χ0n) is 8.63. The van der Waals surface area contributed by atoms with E-state index in [9.17, 15) is 0 Å². The van der Waals surface area contributed by atoms with Crippen LogP contribution in [0.4, 0.5) is 5.82 Å². The molecule has 0 aliphatic carbocycles. The lowest BCUT2D eigenvalue weighted by molar-refractivity contribution is 0.703. The summed E-state index contributed by atoms with van der Waals surface area (Å²) in [5.41, 5.74) is 0. The largest absolute Gasteiger partial charge is 0.358 e. The van der Waals surface area contributed by atoms with Crippen molar-refractivity contribution in [2.45, 2.75) is 6.92 Å². The molecular formula is C10H16ClN3. The minimum absolute atomic E-state index is 0.675. The first-order valence-electron chi connectivity index (χ1n) is 4.77. The van der Waals surface area contributed by atoms with Gasteiger partial charge in [0.2, 0.25) is 0 Å². The summed E-state index contributed by atoms with van der Waals surface area (Å²) in [4.78, 5) is 6.32. The lowest BCUT2D eigenvalue weighted by atomic mass is 10.4.